The topological polar surface area (TPSA) is 62.7 Å². The predicted molar refractivity (Wildman–Crippen MR) is 89.7 cm³/mol. The van der Waals surface area contributed by atoms with Crippen molar-refractivity contribution in [2.24, 2.45) is 0 Å². The van der Waals surface area contributed by atoms with Gasteiger partial charge in [0.05, 0.1) is 6.20 Å². The van der Waals surface area contributed by atoms with E-state index in [-0.39, 0.29) is 0 Å². The summed E-state index contributed by atoms with van der Waals surface area (Å²) in [7, 11) is 0. The number of aromatic nitrogens is 3. The van der Waals surface area contributed by atoms with Gasteiger partial charge in [-0.1, -0.05) is 43.4 Å². The first kappa shape index (κ1) is 15.0. The van der Waals surface area contributed by atoms with Crippen LogP contribution in [0.5, 0.6) is 0 Å². The molecule has 116 valence electrons. The molecule has 2 aromatic rings. The summed E-state index contributed by atoms with van der Waals surface area (Å²) < 4.78 is 0. The molecule has 1 saturated carbocycles. The van der Waals surface area contributed by atoms with Crippen LogP contribution in [0, 0.1) is 0 Å². The van der Waals surface area contributed by atoms with Gasteiger partial charge in [-0.05, 0) is 31.0 Å². The van der Waals surface area contributed by atoms with Crippen LogP contribution in [0.2, 0.25) is 5.02 Å². The lowest BCUT2D eigenvalue weighted by molar-refractivity contribution is 0.617. The van der Waals surface area contributed by atoms with Gasteiger partial charge in [-0.25, -0.2) is 0 Å². The molecule has 1 fully saturated rings. The van der Waals surface area contributed by atoms with Crippen molar-refractivity contribution in [3.63, 3.8) is 0 Å². The fourth-order valence-corrected chi connectivity index (χ4v) is 2.94. The first-order chi connectivity index (χ1) is 10.8. The number of halogens is 1. The Morgan fingerprint density at radius 3 is 2.68 bits per heavy atom. The average molecular weight is 318 g/mol. The SMILES string of the molecule is Clc1cccc(Nc2nncc(NC3CCCCCC3)n2)c1. The molecule has 6 heteroatoms. The molecule has 0 radical (unpaired) electrons. The summed E-state index contributed by atoms with van der Waals surface area (Å²) in [5, 5.41) is 15.3. The molecule has 0 atom stereocenters. The molecule has 0 spiro atoms. The Morgan fingerprint density at radius 2 is 1.91 bits per heavy atom. The van der Waals surface area contributed by atoms with E-state index < -0.39 is 0 Å². The zero-order valence-electron chi connectivity index (χ0n) is 12.4. The van der Waals surface area contributed by atoms with Crippen molar-refractivity contribution >= 4 is 29.1 Å². The van der Waals surface area contributed by atoms with E-state index in [9.17, 15) is 0 Å². The number of hydrogen-bond acceptors (Lipinski definition) is 5. The minimum atomic E-state index is 0.473. The minimum absolute atomic E-state index is 0.473. The third-order valence-corrected chi connectivity index (χ3v) is 4.08. The first-order valence-corrected chi connectivity index (χ1v) is 8.16. The molecule has 0 bridgehead atoms. The smallest absolute Gasteiger partial charge is 0.249 e. The van der Waals surface area contributed by atoms with E-state index in [0.29, 0.717) is 17.0 Å². The van der Waals surface area contributed by atoms with Crippen LogP contribution in [0.3, 0.4) is 0 Å². The number of nitrogens with zero attached hydrogens (tertiary/aromatic N) is 3. The van der Waals surface area contributed by atoms with Crippen molar-refractivity contribution < 1.29 is 0 Å². The second kappa shape index (κ2) is 7.40. The maximum Gasteiger partial charge on any atom is 0.249 e. The largest absolute Gasteiger partial charge is 0.366 e. The Labute approximate surface area is 135 Å². The molecule has 5 nitrogen and oxygen atoms in total. The van der Waals surface area contributed by atoms with Gasteiger partial charge >= 0.3 is 0 Å². The van der Waals surface area contributed by atoms with Crippen LogP contribution in [0.15, 0.2) is 30.5 Å². The summed E-state index contributed by atoms with van der Waals surface area (Å²) >= 11 is 5.98. The van der Waals surface area contributed by atoms with Crippen LogP contribution >= 0.6 is 11.6 Å². The van der Waals surface area contributed by atoms with E-state index in [1.54, 1.807) is 6.20 Å². The number of nitrogens with one attached hydrogen (secondary N) is 2. The van der Waals surface area contributed by atoms with Gasteiger partial charge in [-0.15, -0.1) is 5.10 Å². The van der Waals surface area contributed by atoms with Crippen molar-refractivity contribution in [3.05, 3.63) is 35.5 Å². The van der Waals surface area contributed by atoms with Crippen LogP contribution in [0.1, 0.15) is 38.5 Å². The molecule has 0 amide bonds. The van der Waals surface area contributed by atoms with Crippen molar-refractivity contribution in [1.82, 2.24) is 15.2 Å². The molecule has 3 rings (SSSR count). The van der Waals surface area contributed by atoms with Gasteiger partial charge in [0, 0.05) is 16.8 Å². The molecular weight excluding hydrogens is 298 g/mol. The Bertz CT molecular complexity index is 611. The van der Waals surface area contributed by atoms with Gasteiger partial charge < -0.3 is 10.6 Å². The fourth-order valence-electron chi connectivity index (χ4n) is 2.75. The van der Waals surface area contributed by atoms with Crippen molar-refractivity contribution in [1.29, 1.82) is 0 Å². The number of anilines is 3. The van der Waals surface area contributed by atoms with Gasteiger partial charge in [0.15, 0.2) is 5.82 Å². The van der Waals surface area contributed by atoms with E-state index in [0.717, 1.165) is 11.5 Å². The van der Waals surface area contributed by atoms with E-state index in [1.165, 1.54) is 38.5 Å². The van der Waals surface area contributed by atoms with Crippen molar-refractivity contribution in [2.75, 3.05) is 10.6 Å². The molecule has 0 unspecified atom stereocenters. The van der Waals surface area contributed by atoms with Gasteiger partial charge in [0.2, 0.25) is 5.95 Å². The molecule has 0 saturated heterocycles. The van der Waals surface area contributed by atoms with Crippen LogP contribution in [-0.2, 0) is 0 Å². The highest BCUT2D eigenvalue weighted by Gasteiger charge is 2.13. The molecule has 2 N–H and O–H groups in total. The summed E-state index contributed by atoms with van der Waals surface area (Å²) in [5.41, 5.74) is 0.848. The molecule has 1 aliphatic rings. The summed E-state index contributed by atoms with van der Waals surface area (Å²) in [6, 6.07) is 7.94. The molecule has 22 heavy (non-hydrogen) atoms. The lowest BCUT2D eigenvalue weighted by Gasteiger charge is -2.16. The lowest BCUT2D eigenvalue weighted by Crippen LogP contribution is -2.19. The second-order valence-corrected chi connectivity index (χ2v) is 6.07. The molecule has 0 aliphatic heterocycles. The van der Waals surface area contributed by atoms with Gasteiger partial charge in [-0.3, -0.25) is 0 Å². The van der Waals surface area contributed by atoms with Gasteiger partial charge in [-0.2, -0.15) is 10.1 Å². The third-order valence-electron chi connectivity index (χ3n) is 3.85. The summed E-state index contributed by atoms with van der Waals surface area (Å²) in [5.74, 6) is 1.24. The van der Waals surface area contributed by atoms with Gasteiger partial charge in [0.25, 0.3) is 0 Å². The van der Waals surface area contributed by atoms with Gasteiger partial charge in [0.1, 0.15) is 0 Å². The maximum atomic E-state index is 5.98. The maximum absolute atomic E-state index is 5.98. The third kappa shape index (κ3) is 4.31. The monoisotopic (exact) mass is 317 g/mol. The van der Waals surface area contributed by atoms with Crippen molar-refractivity contribution in [2.45, 2.75) is 44.6 Å². The Balaban J connectivity index is 1.66. The molecule has 1 aromatic heterocycles. The Hall–Kier alpha value is -1.88. The normalized spacial score (nSPS) is 16.0. The first-order valence-electron chi connectivity index (χ1n) is 7.78. The molecule has 1 heterocycles. The van der Waals surface area contributed by atoms with Crippen LogP contribution in [0.4, 0.5) is 17.5 Å². The summed E-state index contributed by atoms with van der Waals surface area (Å²) in [6.07, 6.45) is 9.30. The molecule has 1 aliphatic carbocycles. The van der Waals surface area contributed by atoms with E-state index in [4.69, 9.17) is 11.6 Å². The number of hydrogen-bond donors (Lipinski definition) is 2. The molecule has 1 aromatic carbocycles. The van der Waals surface area contributed by atoms with E-state index in [2.05, 4.69) is 25.8 Å². The summed E-state index contributed by atoms with van der Waals surface area (Å²) in [6.45, 7) is 0. The predicted octanol–water partition coefficient (Wildman–Crippen LogP) is 4.40. The highest BCUT2D eigenvalue weighted by Crippen LogP contribution is 2.21. The highest BCUT2D eigenvalue weighted by atomic mass is 35.5. The quantitative estimate of drug-likeness (QED) is 0.818. The Kier molecular flexibility index (Phi) is 5.06. The standard InChI is InChI=1S/C16H20ClN5/c17-12-6-5-9-14(10-12)20-16-21-15(11-18-22-16)19-13-7-3-1-2-4-8-13/h5-6,9-11,13H,1-4,7-8H2,(H2,19,20,21,22). The molecular formula is C16H20ClN5. The Morgan fingerprint density at radius 1 is 1.09 bits per heavy atom. The fraction of sp³-hybridized carbons (Fsp3) is 0.438. The minimum Gasteiger partial charge on any atom is -0.366 e. The van der Waals surface area contributed by atoms with Crippen LogP contribution in [-0.4, -0.2) is 21.2 Å². The van der Waals surface area contributed by atoms with Crippen LogP contribution in [0.25, 0.3) is 0 Å². The second-order valence-electron chi connectivity index (χ2n) is 5.63. The zero-order valence-corrected chi connectivity index (χ0v) is 13.2. The highest BCUT2D eigenvalue weighted by molar-refractivity contribution is 6.30. The van der Waals surface area contributed by atoms with E-state index >= 15 is 0 Å². The van der Waals surface area contributed by atoms with E-state index in [1.807, 2.05) is 24.3 Å². The number of rotatable bonds is 4. The zero-order chi connectivity index (χ0) is 15.2. The number of benzene rings is 1. The van der Waals surface area contributed by atoms with Crippen molar-refractivity contribution in [3.8, 4) is 0 Å². The average Bonchev–Trinajstić information content (AvgIpc) is 2.76. The summed E-state index contributed by atoms with van der Waals surface area (Å²) in [4.78, 5) is 4.48. The van der Waals surface area contributed by atoms with Crippen LogP contribution < -0.4 is 10.6 Å². The lowest BCUT2D eigenvalue weighted by atomic mass is 10.1.